The van der Waals surface area contributed by atoms with Crippen molar-refractivity contribution in [3.05, 3.63) is 18.2 Å². The molecule has 1 aromatic carbocycles. The Labute approximate surface area is 118 Å². The monoisotopic (exact) mass is 271 g/mol. The van der Waals surface area contributed by atoms with Gasteiger partial charge in [0.25, 0.3) is 0 Å². The topological polar surface area (TPSA) is 53.1 Å². The summed E-state index contributed by atoms with van der Waals surface area (Å²) >= 11 is 0. The molecule has 1 aromatic heterocycles. The number of aromatic nitrogens is 2. The molecular formula is C16H21N3O. The molecule has 0 radical (unpaired) electrons. The number of rotatable bonds is 3. The molecule has 2 bridgehead atoms. The fourth-order valence-electron chi connectivity index (χ4n) is 4.27. The maximum atomic E-state index is 6.13. The number of nitrogens with zero attached hydrogens (tertiary/aromatic N) is 2. The first-order chi connectivity index (χ1) is 9.74. The van der Waals surface area contributed by atoms with E-state index in [-0.39, 0.29) is 0 Å². The van der Waals surface area contributed by atoms with Crippen LogP contribution in [0.25, 0.3) is 11.0 Å². The third kappa shape index (κ3) is 1.78. The van der Waals surface area contributed by atoms with Crippen LogP contribution in [-0.4, -0.2) is 16.7 Å². The Morgan fingerprint density at radius 3 is 2.95 bits per heavy atom. The number of nitrogen functional groups attached to an aromatic ring is 1. The van der Waals surface area contributed by atoms with Gasteiger partial charge in [-0.1, -0.05) is 6.42 Å². The van der Waals surface area contributed by atoms with E-state index < -0.39 is 0 Å². The number of nitrogens with two attached hydrogens (primary N) is 1. The van der Waals surface area contributed by atoms with E-state index >= 15 is 0 Å². The zero-order valence-corrected chi connectivity index (χ0v) is 11.9. The summed E-state index contributed by atoms with van der Waals surface area (Å²) < 4.78 is 7.51. The van der Waals surface area contributed by atoms with E-state index in [4.69, 9.17) is 10.5 Å². The summed E-state index contributed by atoms with van der Waals surface area (Å²) in [7, 11) is 1.70. The molecule has 0 saturated heterocycles. The zero-order valence-electron chi connectivity index (χ0n) is 11.9. The minimum atomic E-state index is 0.635. The normalized spacial score (nSPS) is 28.4. The van der Waals surface area contributed by atoms with Gasteiger partial charge in [-0.25, -0.2) is 4.98 Å². The Bertz CT molecular complexity index is 648. The van der Waals surface area contributed by atoms with Gasteiger partial charge >= 0.3 is 0 Å². The average Bonchev–Trinajstić information content (AvgIpc) is 3.14. The molecule has 2 N–H and O–H groups in total. The molecule has 3 atom stereocenters. The molecule has 2 fully saturated rings. The summed E-state index contributed by atoms with van der Waals surface area (Å²) in [4.78, 5) is 4.48. The molecule has 4 heteroatoms. The van der Waals surface area contributed by atoms with Gasteiger partial charge in [-0.15, -0.1) is 0 Å². The van der Waals surface area contributed by atoms with Gasteiger partial charge < -0.3 is 15.0 Å². The zero-order chi connectivity index (χ0) is 13.7. The minimum Gasteiger partial charge on any atom is -0.497 e. The molecule has 0 aliphatic heterocycles. The minimum absolute atomic E-state index is 0.635. The number of imidazole rings is 1. The molecule has 2 aliphatic rings. The highest BCUT2D eigenvalue weighted by atomic mass is 16.5. The third-order valence-electron chi connectivity index (χ3n) is 5.29. The van der Waals surface area contributed by atoms with Gasteiger partial charge in [0.15, 0.2) is 0 Å². The van der Waals surface area contributed by atoms with Crippen LogP contribution >= 0.6 is 0 Å². The molecule has 4 nitrogen and oxygen atoms in total. The van der Waals surface area contributed by atoms with Crippen molar-refractivity contribution in [1.82, 2.24) is 9.55 Å². The number of fused-ring (bicyclic) bond motifs is 3. The van der Waals surface area contributed by atoms with E-state index in [2.05, 4.69) is 9.55 Å². The van der Waals surface area contributed by atoms with Crippen LogP contribution in [0.2, 0.25) is 0 Å². The smallest absolute Gasteiger partial charge is 0.201 e. The number of methoxy groups -OCH3 is 1. The highest BCUT2D eigenvalue weighted by Gasteiger charge is 2.39. The molecule has 20 heavy (non-hydrogen) atoms. The second-order valence-electron chi connectivity index (χ2n) is 6.37. The molecule has 2 aromatic rings. The quantitative estimate of drug-likeness (QED) is 0.933. The highest BCUT2D eigenvalue weighted by Crippen LogP contribution is 2.49. The van der Waals surface area contributed by atoms with E-state index in [1.807, 2.05) is 18.2 Å². The molecule has 1 heterocycles. The van der Waals surface area contributed by atoms with E-state index in [1.54, 1.807) is 7.11 Å². The van der Waals surface area contributed by atoms with Crippen LogP contribution in [0.4, 0.5) is 5.95 Å². The van der Waals surface area contributed by atoms with Crippen LogP contribution in [0.1, 0.15) is 25.7 Å². The fraction of sp³-hybridized carbons (Fsp3) is 0.562. The summed E-state index contributed by atoms with van der Waals surface area (Å²) in [6.07, 6.45) is 5.65. The van der Waals surface area contributed by atoms with E-state index in [1.165, 1.54) is 25.7 Å². The van der Waals surface area contributed by atoms with Crippen LogP contribution in [0, 0.1) is 17.8 Å². The molecule has 106 valence electrons. The lowest BCUT2D eigenvalue weighted by atomic mass is 9.89. The van der Waals surface area contributed by atoms with Crippen molar-refractivity contribution in [1.29, 1.82) is 0 Å². The average molecular weight is 271 g/mol. The first-order valence-electron chi connectivity index (χ1n) is 7.54. The first-order valence-corrected chi connectivity index (χ1v) is 7.54. The number of anilines is 1. The molecule has 2 aliphatic carbocycles. The van der Waals surface area contributed by atoms with Gasteiger partial charge in [-0.2, -0.15) is 0 Å². The lowest BCUT2D eigenvalue weighted by Crippen LogP contribution is -2.18. The predicted octanol–water partition coefficient (Wildman–Crippen LogP) is 3.06. The van der Waals surface area contributed by atoms with Crippen LogP contribution in [-0.2, 0) is 6.54 Å². The third-order valence-corrected chi connectivity index (χ3v) is 5.29. The molecular weight excluding hydrogens is 250 g/mol. The van der Waals surface area contributed by atoms with Crippen molar-refractivity contribution >= 4 is 17.0 Å². The van der Waals surface area contributed by atoms with Crippen molar-refractivity contribution in [2.24, 2.45) is 17.8 Å². The Morgan fingerprint density at radius 2 is 2.25 bits per heavy atom. The van der Waals surface area contributed by atoms with Gasteiger partial charge in [0.1, 0.15) is 5.75 Å². The van der Waals surface area contributed by atoms with Crippen molar-refractivity contribution in [2.45, 2.75) is 32.2 Å². The van der Waals surface area contributed by atoms with E-state index in [9.17, 15) is 0 Å². The summed E-state index contributed by atoms with van der Waals surface area (Å²) in [5, 5.41) is 0. The van der Waals surface area contributed by atoms with Gasteiger partial charge in [-0.05, 0) is 49.1 Å². The van der Waals surface area contributed by atoms with Gasteiger partial charge in [-0.3, -0.25) is 0 Å². The standard InChI is InChI=1S/C16H21N3O/c1-20-13-4-5-14-15(8-13)19(16(17)18-14)9-12-7-10-2-3-11(12)6-10/h4-5,8,10-12H,2-3,6-7,9H2,1H3,(H2,17,18). The Hall–Kier alpha value is -1.71. The highest BCUT2D eigenvalue weighted by molar-refractivity contribution is 5.79. The molecule has 3 unspecified atom stereocenters. The SMILES string of the molecule is COc1ccc2nc(N)n(CC3CC4CCC3C4)c2c1. The van der Waals surface area contributed by atoms with Gasteiger partial charge in [0.2, 0.25) is 5.95 Å². The summed E-state index contributed by atoms with van der Waals surface area (Å²) in [6, 6.07) is 5.98. The summed E-state index contributed by atoms with van der Waals surface area (Å²) in [5.74, 6) is 4.15. The number of hydrogen-bond donors (Lipinski definition) is 1. The van der Waals surface area contributed by atoms with Gasteiger partial charge in [0, 0.05) is 12.6 Å². The van der Waals surface area contributed by atoms with E-state index in [0.29, 0.717) is 5.95 Å². The fourth-order valence-corrected chi connectivity index (χ4v) is 4.27. The van der Waals surface area contributed by atoms with Gasteiger partial charge in [0.05, 0.1) is 18.1 Å². The first kappa shape index (κ1) is 12.1. The largest absolute Gasteiger partial charge is 0.497 e. The van der Waals surface area contributed by atoms with Crippen LogP contribution < -0.4 is 10.5 Å². The number of ether oxygens (including phenoxy) is 1. The Morgan fingerprint density at radius 1 is 1.35 bits per heavy atom. The van der Waals surface area contributed by atoms with Crippen LogP contribution in [0.5, 0.6) is 5.75 Å². The van der Waals surface area contributed by atoms with Crippen molar-refractivity contribution < 1.29 is 4.74 Å². The van der Waals surface area contributed by atoms with Crippen LogP contribution in [0.15, 0.2) is 18.2 Å². The molecule has 2 saturated carbocycles. The second-order valence-corrected chi connectivity index (χ2v) is 6.37. The summed E-state index contributed by atoms with van der Waals surface area (Å²) in [6.45, 7) is 1.01. The molecule has 0 amide bonds. The Balaban J connectivity index is 1.69. The second kappa shape index (κ2) is 4.40. The lowest BCUT2D eigenvalue weighted by Gasteiger charge is -2.22. The van der Waals surface area contributed by atoms with Crippen molar-refractivity contribution in [3.63, 3.8) is 0 Å². The predicted molar refractivity (Wildman–Crippen MR) is 79.6 cm³/mol. The van der Waals surface area contributed by atoms with Crippen molar-refractivity contribution in [3.8, 4) is 5.75 Å². The molecule has 0 spiro atoms. The summed E-state index contributed by atoms with van der Waals surface area (Å²) in [5.41, 5.74) is 8.20. The van der Waals surface area contributed by atoms with E-state index in [0.717, 1.165) is 41.1 Å². The maximum Gasteiger partial charge on any atom is 0.201 e. The Kier molecular flexibility index (Phi) is 2.65. The number of hydrogen-bond acceptors (Lipinski definition) is 3. The maximum absolute atomic E-state index is 6.13. The molecule has 4 rings (SSSR count). The number of benzene rings is 1. The van der Waals surface area contributed by atoms with Crippen LogP contribution in [0.3, 0.4) is 0 Å². The van der Waals surface area contributed by atoms with Crippen molar-refractivity contribution in [2.75, 3.05) is 12.8 Å². The lowest BCUT2D eigenvalue weighted by molar-refractivity contribution is 0.300.